The maximum absolute atomic E-state index is 13.2. The number of hydrogen-bond acceptors (Lipinski definition) is 2. The van der Waals surface area contributed by atoms with Crippen LogP contribution in [-0.2, 0) is 12.8 Å². The molecular weight excluding hydrogens is 354 g/mol. The number of nitrogens with two attached hydrogens (primary N) is 1. The zero-order chi connectivity index (χ0) is 15.6. The van der Waals surface area contributed by atoms with Crippen LogP contribution in [0.2, 0.25) is 0 Å². The van der Waals surface area contributed by atoms with Gasteiger partial charge in [0.05, 0.1) is 5.56 Å². The molecule has 0 unspecified atom stereocenters. The summed E-state index contributed by atoms with van der Waals surface area (Å²) in [6.45, 7) is -0.342. The van der Waals surface area contributed by atoms with Crippen LogP contribution in [0.1, 0.15) is 11.1 Å². The summed E-state index contributed by atoms with van der Waals surface area (Å²) >= 11 is 3.08. The van der Waals surface area contributed by atoms with Crippen molar-refractivity contribution in [3.63, 3.8) is 0 Å². The van der Waals surface area contributed by atoms with Crippen molar-refractivity contribution in [3.8, 4) is 5.75 Å². The van der Waals surface area contributed by atoms with Gasteiger partial charge < -0.3 is 10.5 Å². The minimum Gasteiger partial charge on any atom is -0.489 e. The van der Waals surface area contributed by atoms with E-state index in [1.807, 2.05) is 0 Å². The predicted octanol–water partition coefficient (Wildman–Crippen LogP) is 4.77. The van der Waals surface area contributed by atoms with Crippen LogP contribution >= 0.6 is 15.9 Å². The van der Waals surface area contributed by atoms with E-state index in [0.717, 1.165) is 12.1 Å². The second kappa shape index (κ2) is 5.93. The highest BCUT2D eigenvalue weighted by Gasteiger charge is 2.33. The fourth-order valence-corrected chi connectivity index (χ4v) is 2.20. The molecule has 0 fully saturated rings. The molecule has 0 radical (unpaired) electrons. The largest absolute Gasteiger partial charge is 0.489 e. The van der Waals surface area contributed by atoms with Gasteiger partial charge in [-0.1, -0.05) is 22.0 Å². The highest BCUT2D eigenvalue weighted by molar-refractivity contribution is 9.10. The topological polar surface area (TPSA) is 35.2 Å². The first-order valence-corrected chi connectivity index (χ1v) is 6.59. The van der Waals surface area contributed by atoms with Crippen LogP contribution in [0.4, 0.5) is 23.2 Å². The number of alkyl halides is 3. The summed E-state index contributed by atoms with van der Waals surface area (Å²) in [7, 11) is 0. The number of hydrogen-bond donors (Lipinski definition) is 1. The van der Waals surface area contributed by atoms with E-state index in [0.29, 0.717) is 4.47 Å². The summed E-state index contributed by atoms with van der Waals surface area (Å²) in [4.78, 5) is 0. The lowest BCUT2D eigenvalue weighted by Gasteiger charge is -2.14. The highest BCUT2D eigenvalue weighted by atomic mass is 79.9. The van der Waals surface area contributed by atoms with Gasteiger partial charge in [-0.05, 0) is 24.3 Å². The van der Waals surface area contributed by atoms with Gasteiger partial charge in [0.25, 0.3) is 0 Å². The van der Waals surface area contributed by atoms with E-state index in [9.17, 15) is 17.6 Å². The van der Waals surface area contributed by atoms with Gasteiger partial charge in [0.15, 0.2) is 0 Å². The smallest absolute Gasteiger partial charge is 0.416 e. The molecule has 7 heteroatoms. The van der Waals surface area contributed by atoms with Gasteiger partial charge in [0.1, 0.15) is 18.2 Å². The Bertz CT molecular complexity index is 638. The molecule has 0 bridgehead atoms. The van der Waals surface area contributed by atoms with E-state index >= 15 is 0 Å². The average Bonchev–Trinajstić information content (AvgIpc) is 2.35. The maximum atomic E-state index is 13.2. The van der Waals surface area contributed by atoms with Crippen LogP contribution < -0.4 is 10.5 Å². The van der Waals surface area contributed by atoms with Gasteiger partial charge in [0.2, 0.25) is 0 Å². The minimum atomic E-state index is -4.53. The van der Waals surface area contributed by atoms with Crippen molar-refractivity contribution < 1.29 is 22.3 Å². The molecule has 2 rings (SSSR count). The second-order valence-electron chi connectivity index (χ2n) is 4.31. The van der Waals surface area contributed by atoms with Gasteiger partial charge in [-0.25, -0.2) is 4.39 Å². The van der Waals surface area contributed by atoms with Gasteiger partial charge in [0, 0.05) is 21.8 Å². The summed E-state index contributed by atoms with van der Waals surface area (Å²) < 4.78 is 57.5. The third-order valence-corrected chi connectivity index (χ3v) is 3.13. The Hall–Kier alpha value is -1.76. The standard InChI is InChI=1S/C14H10BrF4NO/c15-9-3-10(16)5-12(4-9)21-7-8-1-2-11(20)6-13(8)14(17,18)19/h1-6H,7,20H2. The Morgan fingerprint density at radius 3 is 2.43 bits per heavy atom. The Kier molecular flexibility index (Phi) is 4.41. The van der Waals surface area contributed by atoms with Crippen LogP contribution in [0.3, 0.4) is 0 Å². The number of benzene rings is 2. The third-order valence-electron chi connectivity index (χ3n) is 2.67. The SMILES string of the molecule is Nc1ccc(COc2cc(F)cc(Br)c2)c(C(F)(F)F)c1. The Labute approximate surface area is 126 Å². The van der Waals surface area contributed by atoms with E-state index in [4.69, 9.17) is 10.5 Å². The van der Waals surface area contributed by atoms with E-state index in [2.05, 4.69) is 15.9 Å². The van der Waals surface area contributed by atoms with Crippen molar-refractivity contribution in [1.29, 1.82) is 0 Å². The van der Waals surface area contributed by atoms with Crippen molar-refractivity contribution in [2.45, 2.75) is 12.8 Å². The number of ether oxygens (including phenoxy) is 1. The summed E-state index contributed by atoms with van der Waals surface area (Å²) in [5, 5.41) is 0. The van der Waals surface area contributed by atoms with Crippen LogP contribution in [0.5, 0.6) is 5.75 Å². The van der Waals surface area contributed by atoms with Crippen LogP contribution in [0, 0.1) is 5.82 Å². The molecule has 0 saturated heterocycles. The Morgan fingerprint density at radius 1 is 1.10 bits per heavy atom. The molecule has 2 N–H and O–H groups in total. The van der Waals surface area contributed by atoms with Crippen molar-refractivity contribution in [3.05, 3.63) is 57.8 Å². The molecule has 0 aliphatic carbocycles. The van der Waals surface area contributed by atoms with Gasteiger partial charge in [-0.2, -0.15) is 13.2 Å². The van der Waals surface area contributed by atoms with E-state index < -0.39 is 17.6 Å². The van der Waals surface area contributed by atoms with Crippen molar-refractivity contribution in [2.75, 3.05) is 5.73 Å². The number of anilines is 1. The molecule has 0 amide bonds. The fraction of sp³-hybridized carbons (Fsp3) is 0.143. The van der Waals surface area contributed by atoms with Gasteiger partial charge >= 0.3 is 6.18 Å². The molecular formula is C14H10BrF4NO. The Morgan fingerprint density at radius 2 is 1.81 bits per heavy atom. The van der Waals surface area contributed by atoms with Crippen LogP contribution in [-0.4, -0.2) is 0 Å². The molecule has 0 aliphatic heterocycles. The monoisotopic (exact) mass is 363 g/mol. The van der Waals surface area contributed by atoms with E-state index in [1.54, 1.807) is 0 Å². The first-order chi connectivity index (χ1) is 9.75. The molecule has 0 aliphatic rings. The number of nitrogen functional groups attached to an aromatic ring is 1. The zero-order valence-electron chi connectivity index (χ0n) is 10.5. The molecule has 112 valence electrons. The van der Waals surface area contributed by atoms with E-state index in [-0.39, 0.29) is 23.6 Å². The summed E-state index contributed by atoms with van der Waals surface area (Å²) in [5.41, 5.74) is 4.45. The van der Waals surface area contributed by atoms with Crippen molar-refractivity contribution in [2.24, 2.45) is 0 Å². The average molecular weight is 364 g/mol. The van der Waals surface area contributed by atoms with Gasteiger partial charge in [-0.3, -0.25) is 0 Å². The summed E-state index contributed by atoms with van der Waals surface area (Å²) in [6, 6.07) is 7.22. The lowest BCUT2D eigenvalue weighted by atomic mass is 10.1. The maximum Gasteiger partial charge on any atom is 0.416 e. The molecule has 2 aromatic rings. The third kappa shape index (κ3) is 4.10. The zero-order valence-corrected chi connectivity index (χ0v) is 12.1. The highest BCUT2D eigenvalue weighted by Crippen LogP contribution is 2.34. The first-order valence-electron chi connectivity index (χ1n) is 5.80. The lowest BCUT2D eigenvalue weighted by Crippen LogP contribution is -2.11. The summed E-state index contributed by atoms with van der Waals surface area (Å²) in [5.74, 6) is -0.417. The fourth-order valence-electron chi connectivity index (χ4n) is 1.76. The van der Waals surface area contributed by atoms with Crippen LogP contribution in [0.25, 0.3) is 0 Å². The normalized spacial score (nSPS) is 11.5. The van der Waals surface area contributed by atoms with Crippen molar-refractivity contribution >= 4 is 21.6 Å². The summed E-state index contributed by atoms with van der Waals surface area (Å²) in [6.07, 6.45) is -4.53. The molecule has 0 atom stereocenters. The molecule has 2 aromatic carbocycles. The van der Waals surface area contributed by atoms with E-state index in [1.165, 1.54) is 24.3 Å². The molecule has 0 aromatic heterocycles. The molecule has 0 saturated carbocycles. The number of rotatable bonds is 3. The minimum absolute atomic E-state index is 0.0135. The lowest BCUT2D eigenvalue weighted by molar-refractivity contribution is -0.138. The molecule has 0 spiro atoms. The number of halogens is 5. The predicted molar refractivity (Wildman–Crippen MR) is 74.3 cm³/mol. The van der Waals surface area contributed by atoms with Crippen LogP contribution in [0.15, 0.2) is 40.9 Å². The van der Waals surface area contributed by atoms with Gasteiger partial charge in [-0.15, -0.1) is 0 Å². The first kappa shape index (κ1) is 15.6. The van der Waals surface area contributed by atoms with Crippen molar-refractivity contribution in [1.82, 2.24) is 0 Å². The molecule has 21 heavy (non-hydrogen) atoms. The molecule has 2 nitrogen and oxygen atoms in total. The quantitative estimate of drug-likeness (QED) is 0.629. The second-order valence-corrected chi connectivity index (χ2v) is 5.22. The molecule has 0 heterocycles. The Balaban J connectivity index is 2.24.